The van der Waals surface area contributed by atoms with Crippen LogP contribution in [0.25, 0.3) is 0 Å². The highest BCUT2D eigenvalue weighted by Gasteiger charge is 2.08. The average molecular weight is 284 g/mol. The van der Waals surface area contributed by atoms with Crippen molar-refractivity contribution in [1.82, 2.24) is 5.32 Å². The number of urea groups is 1. The van der Waals surface area contributed by atoms with Crippen LogP contribution in [0.15, 0.2) is 48.5 Å². The molecule has 0 bridgehead atoms. The summed E-state index contributed by atoms with van der Waals surface area (Å²) in [6.45, 7) is 2.12. The van der Waals surface area contributed by atoms with Gasteiger partial charge in [-0.1, -0.05) is 30.3 Å². The first-order valence-corrected chi connectivity index (χ1v) is 6.49. The molecule has 2 aromatic carbocycles. The third kappa shape index (κ3) is 4.07. The van der Waals surface area contributed by atoms with Gasteiger partial charge in [0.2, 0.25) is 0 Å². The summed E-state index contributed by atoms with van der Waals surface area (Å²) in [6, 6.07) is 13.9. The number of nitrogens with one attached hydrogen (secondary N) is 2. The minimum Gasteiger partial charge on any atom is -0.478 e. The summed E-state index contributed by atoms with van der Waals surface area (Å²) in [7, 11) is 0. The average Bonchev–Trinajstić information content (AvgIpc) is 2.46. The molecular formula is C16H16N2O3. The number of carbonyl (C=O) groups excluding carboxylic acids is 1. The zero-order valence-electron chi connectivity index (χ0n) is 11.6. The van der Waals surface area contributed by atoms with Gasteiger partial charge >= 0.3 is 12.0 Å². The second kappa shape index (κ2) is 6.56. The molecule has 0 aliphatic heterocycles. The van der Waals surface area contributed by atoms with Crippen molar-refractivity contribution < 1.29 is 14.7 Å². The Morgan fingerprint density at radius 3 is 2.43 bits per heavy atom. The van der Waals surface area contributed by atoms with Crippen LogP contribution < -0.4 is 10.6 Å². The molecule has 0 heterocycles. The molecule has 0 aliphatic carbocycles. The molecule has 3 N–H and O–H groups in total. The molecule has 0 unspecified atom stereocenters. The van der Waals surface area contributed by atoms with Crippen molar-refractivity contribution in [2.75, 3.05) is 5.32 Å². The number of hydrogen-bond donors (Lipinski definition) is 3. The standard InChI is InChI=1S/C16H16N2O3/c1-11-9-13(7-8-14(11)15(19)20)18-16(21)17-10-12-5-3-2-4-6-12/h2-9H,10H2,1H3,(H,19,20)(H2,17,18,21). The Labute approximate surface area is 122 Å². The molecule has 0 radical (unpaired) electrons. The summed E-state index contributed by atoms with van der Waals surface area (Å²) in [4.78, 5) is 22.7. The summed E-state index contributed by atoms with van der Waals surface area (Å²) in [5.41, 5.74) is 2.39. The monoisotopic (exact) mass is 284 g/mol. The van der Waals surface area contributed by atoms with Crippen molar-refractivity contribution in [3.8, 4) is 0 Å². The van der Waals surface area contributed by atoms with E-state index in [0.717, 1.165) is 5.56 Å². The van der Waals surface area contributed by atoms with Crippen LogP contribution in [-0.2, 0) is 6.54 Å². The van der Waals surface area contributed by atoms with Crippen molar-refractivity contribution in [3.63, 3.8) is 0 Å². The van der Waals surface area contributed by atoms with E-state index < -0.39 is 5.97 Å². The summed E-state index contributed by atoms with van der Waals surface area (Å²) in [5.74, 6) is -0.979. The van der Waals surface area contributed by atoms with E-state index in [0.29, 0.717) is 17.8 Å². The van der Waals surface area contributed by atoms with E-state index in [-0.39, 0.29) is 11.6 Å². The Balaban J connectivity index is 1.94. The molecule has 108 valence electrons. The van der Waals surface area contributed by atoms with Crippen LogP contribution in [0.3, 0.4) is 0 Å². The quantitative estimate of drug-likeness (QED) is 0.807. The van der Waals surface area contributed by atoms with Crippen molar-refractivity contribution in [1.29, 1.82) is 0 Å². The van der Waals surface area contributed by atoms with E-state index in [9.17, 15) is 9.59 Å². The number of anilines is 1. The first-order valence-electron chi connectivity index (χ1n) is 6.49. The predicted molar refractivity (Wildman–Crippen MR) is 80.4 cm³/mol. The smallest absolute Gasteiger partial charge is 0.335 e. The lowest BCUT2D eigenvalue weighted by atomic mass is 10.1. The van der Waals surface area contributed by atoms with E-state index in [1.807, 2.05) is 30.3 Å². The van der Waals surface area contributed by atoms with Crippen LogP contribution in [0.1, 0.15) is 21.5 Å². The zero-order chi connectivity index (χ0) is 15.2. The fraction of sp³-hybridized carbons (Fsp3) is 0.125. The van der Waals surface area contributed by atoms with Gasteiger partial charge in [-0.2, -0.15) is 0 Å². The number of carboxylic acid groups (broad SMARTS) is 1. The molecule has 21 heavy (non-hydrogen) atoms. The molecular weight excluding hydrogens is 268 g/mol. The zero-order valence-corrected chi connectivity index (χ0v) is 11.6. The minimum absolute atomic E-state index is 0.227. The van der Waals surface area contributed by atoms with Gasteiger partial charge in [0.05, 0.1) is 5.56 Å². The number of aromatic carboxylic acids is 1. The molecule has 0 aromatic heterocycles. The second-order valence-corrected chi connectivity index (χ2v) is 4.63. The van der Waals surface area contributed by atoms with Gasteiger partial charge in [-0.15, -0.1) is 0 Å². The van der Waals surface area contributed by atoms with Crippen LogP contribution in [0.2, 0.25) is 0 Å². The lowest BCUT2D eigenvalue weighted by Gasteiger charge is -2.09. The number of amides is 2. The van der Waals surface area contributed by atoms with Crippen molar-refractivity contribution in [2.24, 2.45) is 0 Å². The van der Waals surface area contributed by atoms with Gasteiger partial charge in [-0.3, -0.25) is 0 Å². The lowest BCUT2D eigenvalue weighted by Crippen LogP contribution is -2.28. The third-order valence-corrected chi connectivity index (χ3v) is 3.01. The maximum Gasteiger partial charge on any atom is 0.335 e. The second-order valence-electron chi connectivity index (χ2n) is 4.63. The number of rotatable bonds is 4. The van der Waals surface area contributed by atoms with Crippen LogP contribution >= 0.6 is 0 Å². The molecule has 2 amide bonds. The highest BCUT2D eigenvalue weighted by atomic mass is 16.4. The Kier molecular flexibility index (Phi) is 4.56. The Morgan fingerprint density at radius 1 is 1.10 bits per heavy atom. The molecule has 0 atom stereocenters. The van der Waals surface area contributed by atoms with Crippen LogP contribution in [-0.4, -0.2) is 17.1 Å². The molecule has 0 aliphatic rings. The van der Waals surface area contributed by atoms with Crippen LogP contribution in [0.5, 0.6) is 0 Å². The summed E-state index contributed by atoms with van der Waals surface area (Å²) in [5, 5.41) is 14.4. The van der Waals surface area contributed by atoms with Gasteiger partial charge in [0.1, 0.15) is 0 Å². The largest absolute Gasteiger partial charge is 0.478 e. The van der Waals surface area contributed by atoms with Crippen molar-refractivity contribution in [3.05, 3.63) is 65.2 Å². The number of carbonyl (C=O) groups is 2. The molecule has 0 saturated carbocycles. The highest BCUT2D eigenvalue weighted by molar-refractivity contribution is 5.92. The summed E-state index contributed by atoms with van der Waals surface area (Å²) >= 11 is 0. The predicted octanol–water partition coefficient (Wildman–Crippen LogP) is 3.01. The van der Waals surface area contributed by atoms with Gasteiger partial charge in [0.15, 0.2) is 0 Å². The first kappa shape index (κ1) is 14.6. The normalized spacial score (nSPS) is 9.95. The van der Waals surface area contributed by atoms with Gasteiger partial charge in [0.25, 0.3) is 0 Å². The van der Waals surface area contributed by atoms with Crippen molar-refractivity contribution >= 4 is 17.7 Å². The maximum absolute atomic E-state index is 11.8. The first-order chi connectivity index (χ1) is 10.1. The Morgan fingerprint density at radius 2 is 1.81 bits per heavy atom. The fourth-order valence-corrected chi connectivity index (χ4v) is 1.93. The Bertz CT molecular complexity index is 654. The number of aryl methyl sites for hydroxylation is 1. The molecule has 5 heteroatoms. The molecule has 2 rings (SSSR count). The summed E-state index contributed by atoms with van der Waals surface area (Å²) < 4.78 is 0. The molecule has 2 aromatic rings. The topological polar surface area (TPSA) is 78.4 Å². The van der Waals surface area contributed by atoms with Crippen molar-refractivity contribution in [2.45, 2.75) is 13.5 Å². The number of carboxylic acids is 1. The number of benzene rings is 2. The summed E-state index contributed by atoms with van der Waals surface area (Å²) in [6.07, 6.45) is 0. The van der Waals surface area contributed by atoms with Gasteiger partial charge in [-0.25, -0.2) is 9.59 Å². The highest BCUT2D eigenvalue weighted by Crippen LogP contribution is 2.15. The Hall–Kier alpha value is -2.82. The number of hydrogen-bond acceptors (Lipinski definition) is 2. The maximum atomic E-state index is 11.8. The van der Waals surface area contributed by atoms with Gasteiger partial charge in [0, 0.05) is 12.2 Å². The molecule has 0 fully saturated rings. The fourth-order valence-electron chi connectivity index (χ4n) is 1.93. The minimum atomic E-state index is -0.979. The molecule has 0 saturated heterocycles. The van der Waals surface area contributed by atoms with Gasteiger partial charge in [-0.05, 0) is 36.2 Å². The van der Waals surface area contributed by atoms with E-state index in [4.69, 9.17) is 5.11 Å². The van der Waals surface area contributed by atoms with E-state index in [1.165, 1.54) is 6.07 Å². The third-order valence-electron chi connectivity index (χ3n) is 3.01. The van der Waals surface area contributed by atoms with E-state index in [2.05, 4.69) is 10.6 Å². The van der Waals surface area contributed by atoms with Gasteiger partial charge < -0.3 is 15.7 Å². The van der Waals surface area contributed by atoms with E-state index >= 15 is 0 Å². The SMILES string of the molecule is Cc1cc(NC(=O)NCc2ccccc2)ccc1C(=O)O. The van der Waals surface area contributed by atoms with Crippen LogP contribution in [0, 0.1) is 6.92 Å². The molecule has 5 nitrogen and oxygen atoms in total. The van der Waals surface area contributed by atoms with Crippen LogP contribution in [0.4, 0.5) is 10.5 Å². The lowest BCUT2D eigenvalue weighted by molar-refractivity contribution is 0.0696. The van der Waals surface area contributed by atoms with E-state index in [1.54, 1.807) is 19.1 Å². The molecule has 0 spiro atoms.